The third-order valence-electron chi connectivity index (χ3n) is 3.51. The summed E-state index contributed by atoms with van der Waals surface area (Å²) in [7, 11) is -3.56. The van der Waals surface area contributed by atoms with Crippen LogP contribution in [0.1, 0.15) is 44.9 Å². The third-order valence-corrected chi connectivity index (χ3v) is 5.37. The van der Waals surface area contributed by atoms with E-state index in [0.717, 1.165) is 11.1 Å². The number of pyridine rings is 1. The number of rotatable bonds is 6. The van der Waals surface area contributed by atoms with Gasteiger partial charge in [0.1, 0.15) is 0 Å². The second-order valence-electron chi connectivity index (χ2n) is 6.85. The predicted octanol–water partition coefficient (Wildman–Crippen LogP) is 3.01. The van der Waals surface area contributed by atoms with Crippen LogP contribution in [-0.2, 0) is 16.6 Å². The summed E-state index contributed by atoms with van der Waals surface area (Å²) < 4.78 is 28.0. The van der Waals surface area contributed by atoms with Gasteiger partial charge in [0.15, 0.2) is 0 Å². The molecule has 0 saturated carbocycles. The van der Waals surface area contributed by atoms with E-state index in [4.69, 9.17) is 0 Å². The monoisotopic (exact) mass is 347 g/mol. The van der Waals surface area contributed by atoms with E-state index in [-0.39, 0.29) is 6.04 Å². The highest BCUT2D eigenvalue weighted by atomic mass is 32.2. The van der Waals surface area contributed by atoms with Gasteiger partial charge in [0.05, 0.1) is 4.90 Å². The van der Waals surface area contributed by atoms with Crippen LogP contribution >= 0.6 is 0 Å². The molecule has 1 atom stereocenters. The Hall–Kier alpha value is -1.76. The fourth-order valence-corrected chi connectivity index (χ4v) is 4.06. The predicted molar refractivity (Wildman–Crippen MR) is 96.0 cm³/mol. The zero-order valence-corrected chi connectivity index (χ0v) is 15.4. The van der Waals surface area contributed by atoms with Crippen molar-refractivity contribution < 1.29 is 8.42 Å². The zero-order chi connectivity index (χ0) is 17.8. The highest BCUT2D eigenvalue weighted by Crippen LogP contribution is 2.19. The second-order valence-corrected chi connectivity index (χ2v) is 8.50. The molecule has 0 aliphatic heterocycles. The maximum Gasteiger partial charge on any atom is 0.241 e. The molecule has 0 amide bonds. The Morgan fingerprint density at radius 1 is 1.08 bits per heavy atom. The first-order valence-corrected chi connectivity index (χ1v) is 9.42. The minimum absolute atomic E-state index is 0.0966. The fraction of sp³-hybridized carbons (Fsp3) is 0.389. The van der Waals surface area contributed by atoms with Crippen LogP contribution in [0.5, 0.6) is 0 Å². The van der Waals surface area contributed by atoms with Crippen LogP contribution in [0.3, 0.4) is 0 Å². The molecule has 0 aliphatic rings. The molecule has 2 aromatic rings. The topological polar surface area (TPSA) is 71.1 Å². The smallest absolute Gasteiger partial charge is 0.241 e. The number of sulfonamides is 1. The first-order valence-electron chi connectivity index (χ1n) is 7.94. The van der Waals surface area contributed by atoms with Crippen molar-refractivity contribution >= 4 is 10.0 Å². The lowest BCUT2D eigenvalue weighted by Crippen LogP contribution is -2.41. The molecular formula is C18H25N3O2S. The summed E-state index contributed by atoms with van der Waals surface area (Å²) in [5, 5.41) is 3.37. The van der Waals surface area contributed by atoms with E-state index in [2.05, 4.69) is 15.0 Å². The first-order chi connectivity index (χ1) is 11.2. The van der Waals surface area contributed by atoms with Crippen molar-refractivity contribution in [1.82, 2.24) is 15.0 Å². The van der Waals surface area contributed by atoms with Gasteiger partial charge in [-0.2, -0.15) is 0 Å². The van der Waals surface area contributed by atoms with Crippen LogP contribution in [0, 0.1) is 0 Å². The van der Waals surface area contributed by atoms with E-state index in [1.54, 1.807) is 24.5 Å². The van der Waals surface area contributed by atoms with Crippen molar-refractivity contribution in [3.8, 4) is 0 Å². The molecule has 0 unspecified atom stereocenters. The van der Waals surface area contributed by atoms with E-state index in [0.29, 0.717) is 11.4 Å². The number of benzene rings is 1. The number of nitrogens with one attached hydrogen (secondary N) is 2. The fourth-order valence-electron chi connectivity index (χ4n) is 2.40. The normalized spacial score (nSPS) is 13.7. The largest absolute Gasteiger partial charge is 0.306 e. The highest BCUT2D eigenvalue weighted by molar-refractivity contribution is 7.89. The summed E-state index contributed by atoms with van der Waals surface area (Å²) in [6.45, 7) is 8.00. The average molecular weight is 347 g/mol. The summed E-state index contributed by atoms with van der Waals surface area (Å²) in [5.74, 6) is 0. The lowest BCUT2D eigenvalue weighted by molar-refractivity contribution is 0.490. The van der Waals surface area contributed by atoms with Crippen LogP contribution < -0.4 is 10.0 Å². The standard InChI is InChI=1S/C18H25N3O2S/c1-14(15-9-11-19-12-10-15)20-13-16-7-5-6-8-17(16)24(22,23)21-18(2,3)4/h5-12,14,20-21H,13H2,1-4H3/t14-/m1/s1. The van der Waals surface area contributed by atoms with Crippen molar-refractivity contribution in [3.05, 3.63) is 59.9 Å². The molecule has 0 fully saturated rings. The van der Waals surface area contributed by atoms with Gasteiger partial charge in [-0.05, 0) is 57.0 Å². The quantitative estimate of drug-likeness (QED) is 0.843. The zero-order valence-electron chi connectivity index (χ0n) is 14.6. The molecule has 130 valence electrons. The van der Waals surface area contributed by atoms with Crippen LogP contribution in [0.4, 0.5) is 0 Å². The SMILES string of the molecule is C[C@@H](NCc1ccccc1S(=O)(=O)NC(C)(C)C)c1ccncc1. The lowest BCUT2D eigenvalue weighted by Gasteiger charge is -2.22. The molecule has 0 saturated heterocycles. The number of hydrogen-bond donors (Lipinski definition) is 2. The lowest BCUT2D eigenvalue weighted by atomic mass is 10.1. The van der Waals surface area contributed by atoms with Crippen LogP contribution in [0.25, 0.3) is 0 Å². The molecule has 1 aromatic carbocycles. The molecule has 5 nitrogen and oxygen atoms in total. The van der Waals surface area contributed by atoms with Crippen LogP contribution in [-0.4, -0.2) is 18.9 Å². The minimum atomic E-state index is -3.56. The van der Waals surface area contributed by atoms with Gasteiger partial charge in [0.25, 0.3) is 0 Å². The van der Waals surface area contributed by atoms with Gasteiger partial charge in [0.2, 0.25) is 10.0 Å². The second kappa shape index (κ2) is 7.42. The van der Waals surface area contributed by atoms with Gasteiger partial charge < -0.3 is 5.32 Å². The summed E-state index contributed by atoms with van der Waals surface area (Å²) in [4.78, 5) is 4.33. The van der Waals surface area contributed by atoms with Crippen molar-refractivity contribution in [2.75, 3.05) is 0 Å². The molecule has 0 aliphatic carbocycles. The van der Waals surface area contributed by atoms with Gasteiger partial charge >= 0.3 is 0 Å². The van der Waals surface area contributed by atoms with E-state index in [1.807, 2.05) is 52.0 Å². The molecule has 0 radical (unpaired) electrons. The minimum Gasteiger partial charge on any atom is -0.306 e. The van der Waals surface area contributed by atoms with Crippen molar-refractivity contribution in [2.24, 2.45) is 0 Å². The van der Waals surface area contributed by atoms with E-state index < -0.39 is 15.6 Å². The van der Waals surface area contributed by atoms with E-state index >= 15 is 0 Å². The maximum atomic E-state index is 12.6. The number of hydrogen-bond acceptors (Lipinski definition) is 4. The van der Waals surface area contributed by atoms with Gasteiger partial charge in [0, 0.05) is 30.5 Å². The van der Waals surface area contributed by atoms with Gasteiger partial charge in [-0.25, -0.2) is 13.1 Å². The van der Waals surface area contributed by atoms with Crippen molar-refractivity contribution in [2.45, 2.75) is 50.7 Å². The molecule has 2 N–H and O–H groups in total. The summed E-state index contributed by atoms with van der Waals surface area (Å²) in [5.41, 5.74) is 1.33. The Labute approximate surface area is 144 Å². The number of aromatic nitrogens is 1. The molecule has 1 aromatic heterocycles. The Balaban J connectivity index is 2.18. The molecule has 1 heterocycles. The van der Waals surface area contributed by atoms with Gasteiger partial charge in [-0.3, -0.25) is 4.98 Å². The van der Waals surface area contributed by atoms with Crippen LogP contribution in [0.2, 0.25) is 0 Å². The third kappa shape index (κ3) is 5.12. The average Bonchev–Trinajstić information content (AvgIpc) is 2.51. The highest BCUT2D eigenvalue weighted by Gasteiger charge is 2.24. The Kier molecular flexibility index (Phi) is 5.74. The maximum absolute atomic E-state index is 12.6. The van der Waals surface area contributed by atoms with Crippen molar-refractivity contribution in [1.29, 1.82) is 0 Å². The number of nitrogens with zero attached hydrogens (tertiary/aromatic N) is 1. The summed E-state index contributed by atoms with van der Waals surface area (Å²) >= 11 is 0. The Bertz CT molecular complexity index is 768. The molecule has 0 spiro atoms. The van der Waals surface area contributed by atoms with Gasteiger partial charge in [-0.15, -0.1) is 0 Å². The van der Waals surface area contributed by atoms with Crippen LogP contribution in [0.15, 0.2) is 53.7 Å². The summed E-state index contributed by atoms with van der Waals surface area (Å²) in [6.07, 6.45) is 3.50. The molecule has 0 bridgehead atoms. The molecule has 2 rings (SSSR count). The molecular weight excluding hydrogens is 322 g/mol. The Morgan fingerprint density at radius 2 is 1.71 bits per heavy atom. The van der Waals surface area contributed by atoms with Gasteiger partial charge in [-0.1, -0.05) is 18.2 Å². The van der Waals surface area contributed by atoms with E-state index in [1.165, 1.54) is 0 Å². The Morgan fingerprint density at radius 3 is 2.33 bits per heavy atom. The molecule has 6 heteroatoms. The van der Waals surface area contributed by atoms with E-state index in [9.17, 15) is 8.42 Å². The summed E-state index contributed by atoms with van der Waals surface area (Å²) in [6, 6.07) is 11.1. The first kappa shape index (κ1) is 18.6. The van der Waals surface area contributed by atoms with Crippen molar-refractivity contribution in [3.63, 3.8) is 0 Å². The molecule has 24 heavy (non-hydrogen) atoms.